The van der Waals surface area contributed by atoms with E-state index in [1.165, 1.54) is 13.2 Å². The standard InChI is InChI=1S/C12H13ClO5S/c1-6-7(12(14)15)5-8(13)11-10(6)9(18-2)3-4-19(11,16)17/h5,9H,3-4H2,1-2H3,(H,14,15). The first-order chi connectivity index (χ1) is 8.79. The van der Waals surface area contributed by atoms with Crippen LogP contribution in [-0.2, 0) is 14.6 Å². The molecule has 0 saturated carbocycles. The molecule has 0 saturated heterocycles. The molecule has 1 aliphatic rings. The minimum atomic E-state index is -3.49. The average Bonchev–Trinajstić information content (AvgIpc) is 2.32. The summed E-state index contributed by atoms with van der Waals surface area (Å²) in [6.45, 7) is 1.57. The van der Waals surface area contributed by atoms with E-state index in [-0.39, 0.29) is 21.2 Å². The number of carbonyl (C=O) groups is 1. The van der Waals surface area contributed by atoms with Crippen molar-refractivity contribution in [3.63, 3.8) is 0 Å². The zero-order chi connectivity index (χ0) is 14.4. The molecule has 0 amide bonds. The van der Waals surface area contributed by atoms with Crippen LogP contribution in [0.15, 0.2) is 11.0 Å². The van der Waals surface area contributed by atoms with E-state index in [2.05, 4.69) is 0 Å². The molecule has 0 aliphatic carbocycles. The second-order valence-electron chi connectivity index (χ2n) is 4.41. The van der Waals surface area contributed by atoms with E-state index in [1.807, 2.05) is 0 Å². The van der Waals surface area contributed by atoms with E-state index in [0.29, 0.717) is 17.5 Å². The molecule has 1 aromatic carbocycles. The molecule has 1 aromatic rings. The molecule has 1 aliphatic heterocycles. The lowest BCUT2D eigenvalue weighted by molar-refractivity contribution is 0.0693. The maximum absolute atomic E-state index is 12.1. The van der Waals surface area contributed by atoms with Crippen molar-refractivity contribution in [1.82, 2.24) is 0 Å². The lowest BCUT2D eigenvalue weighted by Crippen LogP contribution is -2.24. The van der Waals surface area contributed by atoms with Crippen molar-refractivity contribution in [2.24, 2.45) is 0 Å². The Hall–Kier alpha value is -1.11. The van der Waals surface area contributed by atoms with Crippen LogP contribution < -0.4 is 0 Å². The molecule has 7 heteroatoms. The number of methoxy groups -OCH3 is 1. The third kappa shape index (κ3) is 2.24. The van der Waals surface area contributed by atoms with Crippen molar-refractivity contribution < 1.29 is 23.1 Å². The minimum absolute atomic E-state index is 0.00269. The Labute approximate surface area is 116 Å². The lowest BCUT2D eigenvalue weighted by Gasteiger charge is -2.27. The van der Waals surface area contributed by atoms with Crippen LogP contribution in [-0.4, -0.2) is 32.4 Å². The van der Waals surface area contributed by atoms with Gasteiger partial charge in [0.2, 0.25) is 0 Å². The Bertz CT molecular complexity index is 651. The van der Waals surface area contributed by atoms with Crippen LogP contribution in [0.2, 0.25) is 5.02 Å². The number of benzene rings is 1. The average molecular weight is 305 g/mol. The van der Waals surface area contributed by atoms with Gasteiger partial charge in [0, 0.05) is 12.7 Å². The highest BCUT2D eigenvalue weighted by Crippen LogP contribution is 2.41. The van der Waals surface area contributed by atoms with Gasteiger partial charge in [-0.25, -0.2) is 13.2 Å². The van der Waals surface area contributed by atoms with Gasteiger partial charge in [-0.1, -0.05) is 11.6 Å². The lowest BCUT2D eigenvalue weighted by atomic mass is 9.96. The number of carboxylic acids is 1. The van der Waals surface area contributed by atoms with Crippen molar-refractivity contribution in [2.45, 2.75) is 24.3 Å². The summed E-state index contributed by atoms with van der Waals surface area (Å²) in [6, 6.07) is 1.19. The van der Waals surface area contributed by atoms with Crippen LogP contribution >= 0.6 is 11.6 Å². The summed E-state index contributed by atoms with van der Waals surface area (Å²) in [5.74, 6) is -1.19. The minimum Gasteiger partial charge on any atom is -0.478 e. The molecule has 1 N–H and O–H groups in total. The summed E-state index contributed by atoms with van der Waals surface area (Å²) >= 11 is 5.97. The smallest absolute Gasteiger partial charge is 0.336 e. The van der Waals surface area contributed by atoms with E-state index in [9.17, 15) is 13.2 Å². The van der Waals surface area contributed by atoms with Gasteiger partial charge in [0.05, 0.1) is 27.3 Å². The van der Waals surface area contributed by atoms with Gasteiger partial charge in [0.25, 0.3) is 0 Å². The van der Waals surface area contributed by atoms with E-state index >= 15 is 0 Å². The van der Waals surface area contributed by atoms with Crippen LogP contribution in [0.1, 0.15) is 34.0 Å². The molecular formula is C12H13ClO5S. The molecule has 2 rings (SSSR count). The second kappa shape index (κ2) is 4.77. The summed E-state index contributed by atoms with van der Waals surface area (Å²) in [4.78, 5) is 11.2. The highest BCUT2D eigenvalue weighted by Gasteiger charge is 2.35. The van der Waals surface area contributed by atoms with Gasteiger partial charge in [-0.3, -0.25) is 0 Å². The number of aromatic carboxylic acids is 1. The Morgan fingerprint density at radius 1 is 1.53 bits per heavy atom. The Kier molecular flexibility index (Phi) is 3.59. The second-order valence-corrected chi connectivity index (χ2v) is 6.86. The molecule has 0 aromatic heterocycles. The first kappa shape index (κ1) is 14.3. The first-order valence-corrected chi connectivity index (χ1v) is 7.64. The van der Waals surface area contributed by atoms with Gasteiger partial charge in [0.15, 0.2) is 9.84 Å². The van der Waals surface area contributed by atoms with E-state index in [4.69, 9.17) is 21.4 Å². The zero-order valence-corrected chi connectivity index (χ0v) is 12.0. The van der Waals surface area contributed by atoms with Crippen molar-refractivity contribution >= 4 is 27.4 Å². The Morgan fingerprint density at radius 2 is 2.16 bits per heavy atom. The van der Waals surface area contributed by atoms with Crippen molar-refractivity contribution in [2.75, 3.05) is 12.9 Å². The van der Waals surface area contributed by atoms with Crippen LogP contribution in [0.5, 0.6) is 0 Å². The summed E-state index contributed by atoms with van der Waals surface area (Å²) in [5.41, 5.74) is 0.767. The molecule has 1 heterocycles. The quantitative estimate of drug-likeness (QED) is 0.906. The van der Waals surface area contributed by atoms with Crippen molar-refractivity contribution in [1.29, 1.82) is 0 Å². The maximum atomic E-state index is 12.1. The number of rotatable bonds is 2. The van der Waals surface area contributed by atoms with Crippen LogP contribution in [0.4, 0.5) is 0 Å². The number of fused-ring (bicyclic) bond motifs is 1. The van der Waals surface area contributed by atoms with Gasteiger partial charge in [-0.2, -0.15) is 0 Å². The van der Waals surface area contributed by atoms with Crippen LogP contribution in [0, 0.1) is 6.92 Å². The van der Waals surface area contributed by atoms with E-state index in [0.717, 1.165) is 0 Å². The van der Waals surface area contributed by atoms with Crippen molar-refractivity contribution in [3.8, 4) is 0 Å². The van der Waals surface area contributed by atoms with Gasteiger partial charge in [-0.05, 0) is 25.0 Å². The zero-order valence-electron chi connectivity index (χ0n) is 10.4. The molecule has 1 unspecified atom stereocenters. The fraction of sp³-hybridized carbons (Fsp3) is 0.417. The summed E-state index contributed by atoms with van der Waals surface area (Å²) in [5, 5.41) is 9.08. The fourth-order valence-corrected chi connectivity index (χ4v) is 4.68. The van der Waals surface area contributed by atoms with Gasteiger partial charge in [-0.15, -0.1) is 0 Å². The highest BCUT2D eigenvalue weighted by atomic mass is 35.5. The molecule has 0 bridgehead atoms. The highest BCUT2D eigenvalue weighted by molar-refractivity contribution is 7.91. The first-order valence-electron chi connectivity index (χ1n) is 5.61. The molecular weight excluding hydrogens is 292 g/mol. The molecule has 19 heavy (non-hydrogen) atoms. The number of hydrogen-bond donors (Lipinski definition) is 1. The maximum Gasteiger partial charge on any atom is 0.336 e. The monoisotopic (exact) mass is 304 g/mol. The largest absolute Gasteiger partial charge is 0.478 e. The summed E-state index contributed by atoms with van der Waals surface area (Å²) in [6.07, 6.45) is -0.151. The fourth-order valence-electron chi connectivity index (χ4n) is 2.41. The molecule has 5 nitrogen and oxygen atoms in total. The number of halogens is 1. The van der Waals surface area contributed by atoms with E-state index in [1.54, 1.807) is 6.92 Å². The van der Waals surface area contributed by atoms with Gasteiger partial charge in [0.1, 0.15) is 0 Å². The topological polar surface area (TPSA) is 80.7 Å². The summed E-state index contributed by atoms with van der Waals surface area (Å²) in [7, 11) is -2.02. The normalized spacial score (nSPS) is 20.9. The van der Waals surface area contributed by atoms with Crippen LogP contribution in [0.25, 0.3) is 0 Å². The SMILES string of the molecule is COC1CCS(=O)(=O)c2c(Cl)cc(C(=O)O)c(C)c21. The Balaban J connectivity index is 2.86. The molecule has 104 valence electrons. The van der Waals surface area contributed by atoms with Gasteiger partial charge < -0.3 is 9.84 Å². The number of ether oxygens (including phenoxy) is 1. The van der Waals surface area contributed by atoms with E-state index < -0.39 is 21.9 Å². The van der Waals surface area contributed by atoms with Gasteiger partial charge >= 0.3 is 5.97 Å². The van der Waals surface area contributed by atoms with Crippen molar-refractivity contribution in [3.05, 3.63) is 27.8 Å². The summed E-state index contributed by atoms with van der Waals surface area (Å²) < 4.78 is 29.5. The molecule has 0 radical (unpaired) electrons. The molecule has 0 spiro atoms. The molecule has 0 fully saturated rings. The predicted octanol–water partition coefficient (Wildman–Crippen LogP) is 2.21. The van der Waals surface area contributed by atoms with Crippen LogP contribution in [0.3, 0.4) is 0 Å². The Morgan fingerprint density at radius 3 is 2.68 bits per heavy atom. The number of hydrogen-bond acceptors (Lipinski definition) is 4. The third-order valence-corrected chi connectivity index (χ3v) is 5.58. The number of sulfone groups is 1. The molecule has 1 atom stereocenters. The number of carboxylic acid groups (broad SMARTS) is 1. The third-order valence-electron chi connectivity index (χ3n) is 3.34. The predicted molar refractivity (Wildman–Crippen MR) is 69.6 cm³/mol.